The van der Waals surface area contributed by atoms with Crippen LogP contribution in [0.3, 0.4) is 0 Å². The second-order valence-corrected chi connectivity index (χ2v) is 4.77. The Morgan fingerprint density at radius 1 is 0.818 bits per heavy atom. The van der Waals surface area contributed by atoms with Crippen LogP contribution >= 0.6 is 0 Å². The van der Waals surface area contributed by atoms with Crippen LogP contribution in [0, 0.1) is 10.8 Å². The molecule has 0 amide bonds. The van der Waals surface area contributed by atoms with Gasteiger partial charge in [0, 0.05) is 10.8 Å². The molecule has 0 aromatic heterocycles. The van der Waals surface area contributed by atoms with Crippen LogP contribution in [-0.4, -0.2) is 0 Å². The first-order valence-electron chi connectivity index (χ1n) is 4.91. The highest BCUT2D eigenvalue weighted by atomic mass is 14.7. The van der Waals surface area contributed by atoms with Gasteiger partial charge < -0.3 is 0 Å². The standard InChI is InChI=1S/C11H16/c1-8-9(2)11-5-3-4-10(8,11)6-7-11/h3-7H2,1-2H3/t10-,11+. The maximum Gasteiger partial charge on any atom is 0.000581 e. The molecular weight excluding hydrogens is 132 g/mol. The Balaban J connectivity index is 2.18. The van der Waals surface area contributed by atoms with Gasteiger partial charge in [-0.25, -0.2) is 0 Å². The van der Waals surface area contributed by atoms with E-state index in [-0.39, 0.29) is 0 Å². The molecule has 0 saturated heterocycles. The van der Waals surface area contributed by atoms with Crippen molar-refractivity contribution in [3.05, 3.63) is 11.1 Å². The number of rotatable bonds is 0. The van der Waals surface area contributed by atoms with Crippen molar-refractivity contribution in [1.29, 1.82) is 0 Å². The molecule has 0 aromatic rings. The van der Waals surface area contributed by atoms with Crippen LogP contribution in [-0.2, 0) is 0 Å². The van der Waals surface area contributed by atoms with Gasteiger partial charge in [0.15, 0.2) is 0 Å². The third kappa shape index (κ3) is 0.369. The summed E-state index contributed by atoms with van der Waals surface area (Å²) in [6.45, 7) is 4.75. The topological polar surface area (TPSA) is 0 Å². The van der Waals surface area contributed by atoms with E-state index in [1.54, 1.807) is 11.1 Å². The van der Waals surface area contributed by atoms with E-state index >= 15 is 0 Å². The number of allylic oxidation sites excluding steroid dienone is 2. The van der Waals surface area contributed by atoms with Crippen LogP contribution in [0.25, 0.3) is 0 Å². The predicted octanol–water partition coefficient (Wildman–Crippen LogP) is 3.29. The Hall–Kier alpha value is -0.260. The van der Waals surface area contributed by atoms with E-state index in [0.29, 0.717) is 0 Å². The molecule has 2 atom stereocenters. The van der Waals surface area contributed by atoms with Crippen LogP contribution in [0.15, 0.2) is 11.1 Å². The Kier molecular flexibility index (Phi) is 0.821. The van der Waals surface area contributed by atoms with Crippen molar-refractivity contribution < 1.29 is 0 Å². The van der Waals surface area contributed by atoms with Crippen molar-refractivity contribution in [1.82, 2.24) is 0 Å². The summed E-state index contributed by atoms with van der Waals surface area (Å²) in [7, 11) is 0. The molecule has 0 aromatic carbocycles. The van der Waals surface area contributed by atoms with Gasteiger partial charge in [-0.1, -0.05) is 17.6 Å². The zero-order valence-electron chi connectivity index (χ0n) is 7.54. The van der Waals surface area contributed by atoms with Gasteiger partial charge >= 0.3 is 0 Å². The molecule has 0 radical (unpaired) electrons. The molecule has 0 heteroatoms. The first-order valence-corrected chi connectivity index (χ1v) is 4.91. The lowest BCUT2D eigenvalue weighted by Crippen LogP contribution is -2.56. The lowest BCUT2D eigenvalue weighted by Gasteiger charge is -2.66. The summed E-state index contributed by atoms with van der Waals surface area (Å²) >= 11 is 0. The molecule has 3 rings (SSSR count). The van der Waals surface area contributed by atoms with Crippen molar-refractivity contribution in [3.8, 4) is 0 Å². The molecule has 3 aliphatic carbocycles. The minimum Gasteiger partial charge on any atom is -0.0667 e. The maximum absolute atomic E-state index is 2.37. The average molecular weight is 148 g/mol. The molecule has 0 N–H and O–H groups in total. The van der Waals surface area contributed by atoms with Crippen molar-refractivity contribution >= 4 is 0 Å². The Bertz CT molecular complexity index is 235. The summed E-state index contributed by atoms with van der Waals surface area (Å²) in [6, 6.07) is 0. The SMILES string of the molecule is CC1=C(C)[C@]23CCC[C@]12CC3. The summed E-state index contributed by atoms with van der Waals surface area (Å²) in [5, 5.41) is 0. The van der Waals surface area contributed by atoms with Crippen LogP contribution in [0.4, 0.5) is 0 Å². The zero-order valence-corrected chi connectivity index (χ0v) is 7.54. The molecule has 60 valence electrons. The molecule has 3 aliphatic rings. The van der Waals surface area contributed by atoms with Crippen molar-refractivity contribution in [2.75, 3.05) is 0 Å². The molecule has 0 spiro atoms. The van der Waals surface area contributed by atoms with E-state index in [4.69, 9.17) is 0 Å². The highest BCUT2D eigenvalue weighted by molar-refractivity contribution is 5.48. The first-order chi connectivity index (χ1) is 5.23. The second kappa shape index (κ2) is 1.44. The lowest BCUT2D eigenvalue weighted by atomic mass is 9.38. The van der Waals surface area contributed by atoms with E-state index in [0.717, 1.165) is 10.8 Å². The van der Waals surface area contributed by atoms with Gasteiger partial charge in [-0.3, -0.25) is 0 Å². The second-order valence-electron chi connectivity index (χ2n) is 4.77. The summed E-state index contributed by atoms with van der Waals surface area (Å²) in [5.41, 5.74) is 5.05. The van der Waals surface area contributed by atoms with Crippen molar-refractivity contribution in [2.45, 2.75) is 46.0 Å². The van der Waals surface area contributed by atoms with Crippen LogP contribution in [0.5, 0.6) is 0 Å². The van der Waals surface area contributed by atoms with Gasteiger partial charge in [-0.2, -0.15) is 0 Å². The number of hydrogen-bond acceptors (Lipinski definition) is 0. The number of hydrogen-bond donors (Lipinski definition) is 0. The van der Waals surface area contributed by atoms with Gasteiger partial charge in [0.2, 0.25) is 0 Å². The highest BCUT2D eigenvalue weighted by Gasteiger charge is 2.69. The normalized spacial score (nSPS) is 52.9. The maximum atomic E-state index is 2.37. The van der Waals surface area contributed by atoms with Gasteiger partial charge in [0.05, 0.1) is 0 Å². The minimum atomic E-state index is 0.761. The fourth-order valence-electron chi connectivity index (χ4n) is 4.27. The van der Waals surface area contributed by atoms with Crippen LogP contribution in [0.1, 0.15) is 46.0 Å². The quantitative estimate of drug-likeness (QED) is 0.462. The van der Waals surface area contributed by atoms with E-state index in [2.05, 4.69) is 13.8 Å². The van der Waals surface area contributed by atoms with Crippen molar-refractivity contribution in [2.24, 2.45) is 10.8 Å². The molecule has 2 saturated carbocycles. The van der Waals surface area contributed by atoms with Gasteiger partial charge in [-0.05, 0) is 39.5 Å². The van der Waals surface area contributed by atoms with E-state index in [1.165, 1.54) is 32.1 Å². The summed E-state index contributed by atoms with van der Waals surface area (Å²) in [5.74, 6) is 0. The largest absolute Gasteiger partial charge is 0.0667 e. The lowest BCUT2D eigenvalue weighted by molar-refractivity contribution is -0.0249. The van der Waals surface area contributed by atoms with Gasteiger partial charge in [0.25, 0.3) is 0 Å². The molecule has 0 aliphatic heterocycles. The predicted molar refractivity (Wildman–Crippen MR) is 46.3 cm³/mol. The van der Waals surface area contributed by atoms with Gasteiger partial charge in [0.1, 0.15) is 0 Å². The van der Waals surface area contributed by atoms with E-state index < -0.39 is 0 Å². The molecule has 0 bridgehead atoms. The minimum absolute atomic E-state index is 0.761. The van der Waals surface area contributed by atoms with Crippen LogP contribution in [0.2, 0.25) is 0 Å². The molecule has 11 heavy (non-hydrogen) atoms. The average Bonchev–Trinajstić information content (AvgIpc) is 2.15. The van der Waals surface area contributed by atoms with E-state index in [9.17, 15) is 0 Å². The smallest absolute Gasteiger partial charge is 0.000581 e. The monoisotopic (exact) mass is 148 g/mol. The first kappa shape index (κ1) is 6.28. The Morgan fingerprint density at radius 2 is 1.27 bits per heavy atom. The molecule has 0 heterocycles. The zero-order chi connectivity index (χ0) is 7.69. The third-order valence-electron chi connectivity index (χ3n) is 5.10. The summed E-state index contributed by atoms with van der Waals surface area (Å²) < 4.78 is 0. The fraction of sp³-hybridized carbons (Fsp3) is 0.818. The molecule has 0 nitrogen and oxygen atoms in total. The Morgan fingerprint density at radius 3 is 1.64 bits per heavy atom. The van der Waals surface area contributed by atoms with Crippen LogP contribution < -0.4 is 0 Å². The highest BCUT2D eigenvalue weighted by Crippen LogP contribution is 2.79. The fourth-order valence-corrected chi connectivity index (χ4v) is 4.27. The van der Waals surface area contributed by atoms with Crippen molar-refractivity contribution in [3.63, 3.8) is 0 Å². The molecular formula is C11H16. The molecule has 0 unspecified atom stereocenters. The van der Waals surface area contributed by atoms with Gasteiger partial charge in [-0.15, -0.1) is 0 Å². The Labute approximate surface area is 68.7 Å². The third-order valence-corrected chi connectivity index (χ3v) is 5.10. The summed E-state index contributed by atoms with van der Waals surface area (Å²) in [4.78, 5) is 0. The summed E-state index contributed by atoms with van der Waals surface area (Å²) in [6.07, 6.45) is 7.54. The molecule has 2 fully saturated rings. The van der Waals surface area contributed by atoms with E-state index in [1.807, 2.05) is 0 Å².